The number of nitrogens with two attached hydrogens (primary N) is 1. The first-order valence-corrected chi connectivity index (χ1v) is 9.60. The Morgan fingerprint density at radius 1 is 1.31 bits per heavy atom. The third-order valence-corrected chi connectivity index (χ3v) is 5.17. The molecule has 0 saturated carbocycles. The van der Waals surface area contributed by atoms with Crippen LogP contribution in [0.1, 0.15) is 43.9 Å². The zero-order valence-corrected chi connectivity index (χ0v) is 16.7. The van der Waals surface area contributed by atoms with Crippen molar-refractivity contribution in [1.29, 1.82) is 0 Å². The quantitative estimate of drug-likeness (QED) is 0.494. The summed E-state index contributed by atoms with van der Waals surface area (Å²) < 4.78 is 14.5. The maximum absolute atomic E-state index is 14.5. The van der Waals surface area contributed by atoms with Crippen molar-refractivity contribution in [2.45, 2.75) is 32.6 Å². The molecule has 1 aliphatic rings. The van der Waals surface area contributed by atoms with Crippen LogP contribution in [0, 0.1) is 0 Å². The predicted octanol–water partition coefficient (Wildman–Crippen LogP) is 4.69. The second kappa shape index (κ2) is 7.36. The molecule has 0 unspecified atom stereocenters. The Labute approximate surface area is 170 Å². The van der Waals surface area contributed by atoms with Gasteiger partial charge in [-0.3, -0.25) is 9.89 Å². The van der Waals surface area contributed by atoms with Gasteiger partial charge in [0.15, 0.2) is 5.65 Å². The van der Waals surface area contributed by atoms with E-state index in [9.17, 15) is 9.18 Å². The third kappa shape index (κ3) is 3.51. The number of hydrogen-bond donors (Lipinski definition) is 4. The average Bonchev–Trinajstić information content (AvgIpc) is 3.07. The number of allylic oxidation sites excluding steroid dienone is 4. The van der Waals surface area contributed by atoms with Crippen LogP contribution >= 0.6 is 11.6 Å². The number of aromatic amines is 2. The van der Waals surface area contributed by atoms with Crippen LogP contribution in [0.15, 0.2) is 40.1 Å². The molecule has 5 N–H and O–H groups in total. The fourth-order valence-corrected chi connectivity index (χ4v) is 3.62. The molecule has 3 heterocycles. The monoisotopic (exact) mass is 414 g/mol. The van der Waals surface area contributed by atoms with E-state index in [0.717, 1.165) is 0 Å². The van der Waals surface area contributed by atoms with Crippen LogP contribution in [0.5, 0.6) is 0 Å². The van der Waals surface area contributed by atoms with Crippen molar-refractivity contribution < 1.29 is 4.39 Å². The van der Waals surface area contributed by atoms with E-state index in [1.165, 1.54) is 6.08 Å². The van der Waals surface area contributed by atoms with Crippen LogP contribution < -0.4 is 16.6 Å². The zero-order chi connectivity index (χ0) is 20.7. The molecule has 3 aromatic heterocycles. The molecular formula is C20H20ClFN6O. The van der Waals surface area contributed by atoms with E-state index >= 15 is 0 Å². The highest BCUT2D eigenvalue weighted by molar-refractivity contribution is 6.30. The van der Waals surface area contributed by atoms with Crippen LogP contribution in [-0.2, 0) is 0 Å². The highest BCUT2D eigenvalue weighted by atomic mass is 35.5. The molecule has 29 heavy (non-hydrogen) atoms. The van der Waals surface area contributed by atoms with Crippen molar-refractivity contribution in [1.82, 2.24) is 20.2 Å². The van der Waals surface area contributed by atoms with Crippen molar-refractivity contribution in [2.24, 2.45) is 0 Å². The lowest BCUT2D eigenvalue weighted by Crippen LogP contribution is -2.17. The van der Waals surface area contributed by atoms with Crippen LogP contribution in [0.3, 0.4) is 0 Å². The molecule has 7 nitrogen and oxygen atoms in total. The molecule has 0 atom stereocenters. The number of anilines is 3. The Hall–Kier alpha value is -3.13. The summed E-state index contributed by atoms with van der Waals surface area (Å²) in [6.07, 6.45) is 3.73. The molecule has 0 spiro atoms. The van der Waals surface area contributed by atoms with Crippen molar-refractivity contribution >= 4 is 45.4 Å². The van der Waals surface area contributed by atoms with Crippen molar-refractivity contribution in [3.63, 3.8) is 0 Å². The molecule has 3 aromatic rings. The number of aromatic nitrogens is 4. The fourth-order valence-electron chi connectivity index (χ4n) is 3.42. The molecule has 4 rings (SSSR count). The van der Waals surface area contributed by atoms with Crippen LogP contribution in [0.25, 0.3) is 16.6 Å². The first kappa shape index (κ1) is 19.2. The number of nitrogens with one attached hydrogen (secondary N) is 3. The average molecular weight is 415 g/mol. The first-order valence-electron chi connectivity index (χ1n) is 9.23. The number of hydrogen-bond acceptors (Lipinski definition) is 5. The summed E-state index contributed by atoms with van der Waals surface area (Å²) in [7, 11) is 0. The number of pyridine rings is 2. The molecule has 150 valence electrons. The third-order valence-electron chi connectivity index (χ3n) is 4.87. The summed E-state index contributed by atoms with van der Waals surface area (Å²) in [5.41, 5.74) is 8.54. The molecule has 0 amide bonds. The van der Waals surface area contributed by atoms with Crippen LogP contribution in [0.2, 0.25) is 0 Å². The summed E-state index contributed by atoms with van der Waals surface area (Å²) in [6.45, 7) is 3.92. The minimum absolute atomic E-state index is 0.0163. The topological polar surface area (TPSA) is 112 Å². The van der Waals surface area contributed by atoms with Gasteiger partial charge in [0.05, 0.1) is 22.3 Å². The minimum Gasteiger partial charge on any atom is -0.383 e. The Kier molecular flexibility index (Phi) is 4.87. The van der Waals surface area contributed by atoms with E-state index < -0.39 is 0 Å². The van der Waals surface area contributed by atoms with Gasteiger partial charge in [-0.1, -0.05) is 25.4 Å². The van der Waals surface area contributed by atoms with Gasteiger partial charge in [0.25, 0.3) is 5.56 Å². The number of rotatable bonds is 4. The molecule has 0 aromatic carbocycles. The van der Waals surface area contributed by atoms with Gasteiger partial charge in [-0.15, -0.1) is 0 Å². The van der Waals surface area contributed by atoms with Crippen molar-refractivity contribution in [3.8, 4) is 0 Å². The first-order chi connectivity index (χ1) is 13.8. The maximum Gasteiger partial charge on any atom is 0.256 e. The van der Waals surface area contributed by atoms with Gasteiger partial charge < -0.3 is 16.0 Å². The Bertz CT molecular complexity index is 1220. The standard InChI is InChI=1S/C20H20ClFN6O/c1-9(2)17-15(25-14-5-6-24-19-16(14)18(23)27-28-19)8-12(20(29)26-17)11-7-10(21)3-4-13(11)22/h5-9H,3-4H2,1-2H3,(H,26,29)(H4,23,24,25,27,28). The van der Waals surface area contributed by atoms with Gasteiger partial charge in [-0.25, -0.2) is 9.37 Å². The molecule has 0 aliphatic heterocycles. The van der Waals surface area contributed by atoms with Crippen LogP contribution in [0.4, 0.5) is 21.6 Å². The lowest BCUT2D eigenvalue weighted by Gasteiger charge is -2.18. The number of nitrogen functional groups attached to an aromatic ring is 1. The number of fused-ring (bicyclic) bond motifs is 1. The van der Waals surface area contributed by atoms with E-state index in [0.29, 0.717) is 45.4 Å². The fraction of sp³-hybridized carbons (Fsp3) is 0.250. The maximum atomic E-state index is 14.5. The lowest BCUT2D eigenvalue weighted by atomic mass is 9.97. The Balaban J connectivity index is 1.88. The molecule has 0 bridgehead atoms. The molecule has 9 heteroatoms. The normalized spacial score (nSPS) is 14.6. The molecule has 0 fully saturated rings. The Morgan fingerprint density at radius 3 is 2.86 bits per heavy atom. The van der Waals surface area contributed by atoms with Gasteiger partial charge in [-0.05, 0) is 30.5 Å². The van der Waals surface area contributed by atoms with E-state index in [-0.39, 0.29) is 34.9 Å². The largest absolute Gasteiger partial charge is 0.383 e. The van der Waals surface area contributed by atoms with E-state index in [2.05, 4.69) is 25.5 Å². The van der Waals surface area contributed by atoms with E-state index in [1.54, 1.807) is 18.3 Å². The minimum atomic E-state index is -0.366. The van der Waals surface area contributed by atoms with Crippen molar-refractivity contribution in [2.75, 3.05) is 11.1 Å². The molecule has 1 aliphatic carbocycles. The van der Waals surface area contributed by atoms with Gasteiger partial charge in [0, 0.05) is 28.9 Å². The van der Waals surface area contributed by atoms with Gasteiger partial charge in [0.2, 0.25) is 0 Å². The summed E-state index contributed by atoms with van der Waals surface area (Å²) in [6, 6.07) is 3.41. The SMILES string of the molecule is CC(C)c1[nH]c(=O)c(C2=C(F)CCC(Cl)=C2)cc1Nc1ccnc2n[nH]c(N)c12. The summed E-state index contributed by atoms with van der Waals surface area (Å²) >= 11 is 6.10. The summed E-state index contributed by atoms with van der Waals surface area (Å²) in [5, 5.41) is 11.2. The van der Waals surface area contributed by atoms with E-state index in [1.807, 2.05) is 13.8 Å². The highest BCUT2D eigenvalue weighted by Crippen LogP contribution is 2.35. The van der Waals surface area contributed by atoms with Gasteiger partial charge in [0.1, 0.15) is 11.6 Å². The van der Waals surface area contributed by atoms with E-state index in [4.69, 9.17) is 17.3 Å². The van der Waals surface area contributed by atoms with Gasteiger partial charge >= 0.3 is 0 Å². The predicted molar refractivity (Wildman–Crippen MR) is 114 cm³/mol. The second-order valence-electron chi connectivity index (χ2n) is 7.22. The number of H-pyrrole nitrogens is 2. The molecular weight excluding hydrogens is 395 g/mol. The molecule has 0 radical (unpaired) electrons. The zero-order valence-electron chi connectivity index (χ0n) is 15.9. The van der Waals surface area contributed by atoms with Crippen LogP contribution in [-0.4, -0.2) is 20.2 Å². The smallest absolute Gasteiger partial charge is 0.256 e. The van der Waals surface area contributed by atoms with Gasteiger partial charge in [-0.2, -0.15) is 5.10 Å². The number of nitrogens with zero attached hydrogens (tertiary/aromatic N) is 2. The Morgan fingerprint density at radius 2 is 2.10 bits per heavy atom. The van der Waals surface area contributed by atoms with Crippen molar-refractivity contribution in [3.05, 3.63) is 56.9 Å². The summed E-state index contributed by atoms with van der Waals surface area (Å²) in [5.74, 6) is 0.0400. The number of halogens is 2. The summed E-state index contributed by atoms with van der Waals surface area (Å²) in [4.78, 5) is 19.8. The molecule has 0 saturated heterocycles. The second-order valence-corrected chi connectivity index (χ2v) is 7.71. The lowest BCUT2D eigenvalue weighted by molar-refractivity contribution is 0.590. The highest BCUT2D eigenvalue weighted by Gasteiger charge is 2.20.